The molecule has 0 aromatic carbocycles. The largest absolute Gasteiger partial charge is 0.481 e. The number of aliphatic hydroxyl groups is 1. The number of hydrogen-bond acceptors (Lipinski definition) is 13. The second-order valence-electron chi connectivity index (χ2n) is 17.2. The van der Waals surface area contributed by atoms with Crippen LogP contribution in [0, 0.1) is 23.7 Å². The predicted octanol–water partition coefficient (Wildman–Crippen LogP) is -3.24. The van der Waals surface area contributed by atoms with Crippen LogP contribution in [-0.4, -0.2) is 159 Å². The smallest absolute Gasteiger partial charge is 0.326 e. The maximum atomic E-state index is 13.9. The Kier molecular flexibility index (Phi) is 23.4. The molecule has 1 rings (SSSR count). The lowest BCUT2D eigenvalue weighted by Crippen LogP contribution is -2.62. The van der Waals surface area contributed by atoms with E-state index in [0.29, 0.717) is 6.42 Å². The standard InChI is InChI=1S/C40H67N9O15/c1-18(2)12-22(42-28(51)16-41)33(56)43-23(14-29(52)53)34(57)44-24(15-30(54)55)35(58)47-31(20(5)6)38(61)46-26(17-50)36(59)45-25(13-19(3)4)39(62)49-11-9-10-27(49)37(60)48-32(21(7)8)40(63)64/h18-27,31-32,50H,9-17,41H2,1-8H3,(H,42,51)(H,43,56)(H,44,57)(H,45,59)(H,46,61)(H,47,58)(H,48,60)(H,52,53)(H,54,55)(H,63,64)/t22-,23-,24-,25-,26-,27-,31-,32-/m0/s1. The van der Waals surface area contributed by atoms with Gasteiger partial charge in [0.15, 0.2) is 0 Å². The number of nitrogens with two attached hydrogens (primary N) is 1. The number of likely N-dealkylation sites (tertiary alicyclic amines) is 1. The average Bonchev–Trinajstić information content (AvgIpc) is 3.68. The van der Waals surface area contributed by atoms with Crippen LogP contribution in [0.1, 0.15) is 93.9 Å². The van der Waals surface area contributed by atoms with E-state index >= 15 is 0 Å². The number of carboxylic acids is 3. The predicted molar refractivity (Wildman–Crippen MR) is 225 cm³/mol. The van der Waals surface area contributed by atoms with Crippen LogP contribution in [0.25, 0.3) is 0 Å². The van der Waals surface area contributed by atoms with Gasteiger partial charge in [-0.15, -0.1) is 0 Å². The van der Waals surface area contributed by atoms with Crippen molar-refractivity contribution in [2.75, 3.05) is 19.7 Å². The summed E-state index contributed by atoms with van der Waals surface area (Å²) in [5, 5.41) is 55.1. The monoisotopic (exact) mass is 913 g/mol. The van der Waals surface area contributed by atoms with E-state index in [1.807, 2.05) is 0 Å². The van der Waals surface area contributed by atoms with Gasteiger partial charge in [0.25, 0.3) is 0 Å². The molecule has 8 atom stereocenters. The third kappa shape index (κ3) is 18.4. The highest BCUT2D eigenvalue weighted by Crippen LogP contribution is 2.21. The molecule has 1 saturated heterocycles. The number of aliphatic carboxylic acids is 3. The highest BCUT2D eigenvalue weighted by Gasteiger charge is 2.41. The highest BCUT2D eigenvalue weighted by molar-refractivity contribution is 5.99. The fourth-order valence-corrected chi connectivity index (χ4v) is 6.74. The Morgan fingerprint density at radius 3 is 1.44 bits per heavy atom. The van der Waals surface area contributed by atoms with E-state index in [1.54, 1.807) is 41.5 Å². The van der Waals surface area contributed by atoms with Crippen molar-refractivity contribution < 1.29 is 73.2 Å². The summed E-state index contributed by atoms with van der Waals surface area (Å²) in [5.74, 6) is -13.6. The van der Waals surface area contributed by atoms with Gasteiger partial charge < -0.3 is 68.3 Å². The van der Waals surface area contributed by atoms with E-state index < -0.39 is 151 Å². The number of nitrogens with zero attached hydrogens (tertiary/aromatic N) is 1. The molecule has 0 spiro atoms. The van der Waals surface area contributed by atoms with Crippen LogP contribution in [0.2, 0.25) is 0 Å². The van der Waals surface area contributed by atoms with Gasteiger partial charge in [0.2, 0.25) is 47.3 Å². The summed E-state index contributed by atoms with van der Waals surface area (Å²) in [5.41, 5.74) is 5.34. The maximum Gasteiger partial charge on any atom is 0.326 e. The van der Waals surface area contributed by atoms with Crippen molar-refractivity contribution in [1.82, 2.24) is 42.1 Å². The Hall–Kier alpha value is -5.91. The van der Waals surface area contributed by atoms with Gasteiger partial charge in [0, 0.05) is 6.54 Å². The Morgan fingerprint density at radius 1 is 0.562 bits per heavy atom. The van der Waals surface area contributed by atoms with Crippen LogP contribution in [0.15, 0.2) is 0 Å². The van der Waals surface area contributed by atoms with Crippen LogP contribution in [0.5, 0.6) is 0 Å². The van der Waals surface area contributed by atoms with Crippen molar-refractivity contribution in [3.8, 4) is 0 Å². The number of nitrogens with one attached hydrogen (secondary N) is 7. The summed E-state index contributed by atoms with van der Waals surface area (Å²) in [6, 6.07) is -11.8. The Morgan fingerprint density at radius 2 is 1.00 bits per heavy atom. The molecular weight excluding hydrogens is 846 g/mol. The van der Waals surface area contributed by atoms with E-state index in [0.717, 1.165) is 0 Å². The normalized spacial score (nSPS) is 17.0. The number of carbonyl (C=O) groups excluding carboxylic acids is 8. The van der Waals surface area contributed by atoms with Gasteiger partial charge in [-0.1, -0.05) is 55.4 Å². The SMILES string of the molecule is CC(C)C[C@H](NC(=O)CN)C(=O)N[C@@H](CC(=O)O)C(=O)N[C@@H](CC(=O)O)C(=O)N[C@H](C(=O)N[C@@H](CO)C(=O)N[C@@H](CC(C)C)C(=O)N1CCC[C@H]1C(=O)N[C@H](C(=O)O)C(C)C)C(C)C. The van der Waals surface area contributed by atoms with Crippen LogP contribution in [-0.2, 0) is 52.7 Å². The first-order valence-corrected chi connectivity index (χ1v) is 21.1. The summed E-state index contributed by atoms with van der Waals surface area (Å²) in [6.07, 6.45) is -1.34. The quantitative estimate of drug-likeness (QED) is 0.0385. The van der Waals surface area contributed by atoms with E-state index in [2.05, 4.69) is 37.2 Å². The molecule has 64 heavy (non-hydrogen) atoms. The molecule has 1 heterocycles. The summed E-state index contributed by atoms with van der Waals surface area (Å²) in [4.78, 5) is 143. The maximum absolute atomic E-state index is 13.9. The summed E-state index contributed by atoms with van der Waals surface area (Å²) in [7, 11) is 0. The number of carboxylic acid groups (broad SMARTS) is 3. The number of aliphatic hydroxyl groups excluding tert-OH is 1. The van der Waals surface area contributed by atoms with E-state index in [1.165, 1.54) is 18.7 Å². The highest BCUT2D eigenvalue weighted by atomic mass is 16.4. The number of hydrogen-bond donors (Lipinski definition) is 12. The topological polar surface area (TPSA) is 382 Å². The molecule has 0 radical (unpaired) electrons. The first kappa shape index (κ1) is 56.1. The van der Waals surface area contributed by atoms with Crippen LogP contribution < -0.4 is 43.0 Å². The summed E-state index contributed by atoms with van der Waals surface area (Å²) < 4.78 is 0. The lowest BCUT2D eigenvalue weighted by molar-refractivity contribution is -0.146. The van der Waals surface area contributed by atoms with Crippen molar-refractivity contribution in [1.29, 1.82) is 0 Å². The zero-order valence-corrected chi connectivity index (χ0v) is 37.6. The van der Waals surface area contributed by atoms with Crippen LogP contribution in [0.3, 0.4) is 0 Å². The Balaban J connectivity index is 3.27. The van der Waals surface area contributed by atoms with Gasteiger partial charge in [-0.2, -0.15) is 0 Å². The van der Waals surface area contributed by atoms with Gasteiger partial charge in [-0.25, -0.2) is 4.79 Å². The zero-order valence-electron chi connectivity index (χ0n) is 37.6. The fourth-order valence-electron chi connectivity index (χ4n) is 6.74. The van der Waals surface area contributed by atoms with Gasteiger partial charge in [0.05, 0.1) is 26.0 Å². The molecule has 24 heteroatoms. The minimum Gasteiger partial charge on any atom is -0.481 e. The number of rotatable bonds is 27. The minimum atomic E-state index is -1.95. The van der Waals surface area contributed by atoms with Crippen molar-refractivity contribution in [2.24, 2.45) is 29.4 Å². The molecule has 0 bridgehead atoms. The molecule has 24 nitrogen and oxygen atoms in total. The van der Waals surface area contributed by atoms with Crippen molar-refractivity contribution in [3.05, 3.63) is 0 Å². The molecule has 0 aromatic heterocycles. The number of carbonyl (C=O) groups is 11. The fraction of sp³-hybridized carbons (Fsp3) is 0.725. The first-order valence-electron chi connectivity index (χ1n) is 21.1. The third-order valence-corrected chi connectivity index (χ3v) is 10.0. The second kappa shape index (κ2) is 26.7. The molecule has 1 aliphatic rings. The van der Waals surface area contributed by atoms with Gasteiger partial charge in [-0.3, -0.25) is 47.9 Å². The minimum absolute atomic E-state index is 0.0623. The summed E-state index contributed by atoms with van der Waals surface area (Å²) >= 11 is 0. The van der Waals surface area contributed by atoms with Crippen LogP contribution in [0.4, 0.5) is 0 Å². The van der Waals surface area contributed by atoms with Crippen molar-refractivity contribution in [3.63, 3.8) is 0 Å². The third-order valence-electron chi connectivity index (χ3n) is 10.0. The summed E-state index contributed by atoms with van der Waals surface area (Å²) in [6.45, 7) is 11.8. The molecule has 0 aliphatic carbocycles. The Labute approximate surface area is 371 Å². The van der Waals surface area contributed by atoms with E-state index in [-0.39, 0.29) is 37.6 Å². The van der Waals surface area contributed by atoms with Crippen molar-refractivity contribution in [2.45, 2.75) is 142 Å². The molecule has 362 valence electrons. The Bertz CT molecular complexity index is 1710. The first-order chi connectivity index (χ1) is 29.7. The lowest BCUT2D eigenvalue weighted by atomic mass is 10.0. The molecule has 13 N–H and O–H groups in total. The lowest BCUT2D eigenvalue weighted by Gasteiger charge is -2.31. The zero-order chi connectivity index (χ0) is 49.2. The van der Waals surface area contributed by atoms with E-state index in [9.17, 15) is 73.2 Å². The molecular formula is C40H67N9O15. The molecule has 1 fully saturated rings. The second-order valence-corrected chi connectivity index (χ2v) is 17.2. The van der Waals surface area contributed by atoms with Crippen molar-refractivity contribution >= 4 is 65.2 Å². The molecule has 0 saturated carbocycles. The number of amides is 8. The molecule has 0 unspecified atom stereocenters. The average molecular weight is 914 g/mol. The van der Waals surface area contributed by atoms with E-state index in [4.69, 9.17) is 5.73 Å². The van der Waals surface area contributed by atoms with Gasteiger partial charge >= 0.3 is 17.9 Å². The van der Waals surface area contributed by atoms with Crippen LogP contribution >= 0.6 is 0 Å². The molecule has 8 amide bonds. The molecule has 1 aliphatic heterocycles. The molecule has 0 aromatic rings. The van der Waals surface area contributed by atoms with Gasteiger partial charge in [-0.05, 0) is 49.4 Å². The van der Waals surface area contributed by atoms with Gasteiger partial charge in [0.1, 0.15) is 48.3 Å².